The van der Waals surface area contributed by atoms with Gasteiger partial charge < -0.3 is 23.7 Å². The maximum absolute atomic E-state index is 11.4. The van der Waals surface area contributed by atoms with Crippen LogP contribution in [-0.4, -0.2) is 82.7 Å². The van der Waals surface area contributed by atoms with Crippen molar-refractivity contribution in [2.45, 2.75) is 58.3 Å². The molecule has 1 aliphatic heterocycles. The van der Waals surface area contributed by atoms with Crippen LogP contribution in [0.5, 0.6) is 5.75 Å². The molecule has 0 saturated carbocycles. The Kier molecular flexibility index (Phi) is 17.4. The molecule has 8 nitrogen and oxygen atoms in total. The van der Waals surface area contributed by atoms with Gasteiger partial charge in [0.25, 0.3) is 11.8 Å². The number of nitrogens with zero attached hydrogens (tertiary/aromatic N) is 1. The summed E-state index contributed by atoms with van der Waals surface area (Å²) in [6.07, 6.45) is 13.0. The van der Waals surface area contributed by atoms with Gasteiger partial charge in [-0.25, -0.2) is 0 Å². The molecule has 2 rings (SSSR count). The summed E-state index contributed by atoms with van der Waals surface area (Å²) < 4.78 is 27.6. The average Bonchev–Trinajstić information content (AvgIpc) is 3.23. The van der Waals surface area contributed by atoms with Crippen molar-refractivity contribution in [3.8, 4) is 5.75 Å². The third-order valence-corrected chi connectivity index (χ3v) is 5.96. The van der Waals surface area contributed by atoms with E-state index in [4.69, 9.17) is 23.7 Å². The fraction of sp³-hybridized carbons (Fsp3) is 0.655. The zero-order valence-corrected chi connectivity index (χ0v) is 22.5. The Bertz CT molecular complexity index is 748. The van der Waals surface area contributed by atoms with E-state index in [1.165, 1.54) is 62.7 Å². The van der Waals surface area contributed by atoms with Gasteiger partial charge in [-0.1, -0.05) is 57.6 Å². The van der Waals surface area contributed by atoms with Crippen molar-refractivity contribution >= 4 is 11.8 Å². The number of hydrogen-bond acceptors (Lipinski definition) is 7. The summed E-state index contributed by atoms with van der Waals surface area (Å²) in [6, 6.07) is 8.40. The number of carbonyl (C=O) groups excluding carboxylic acids is 2. The predicted octanol–water partition coefficient (Wildman–Crippen LogP) is 4.35. The molecule has 0 fully saturated rings. The standard InChI is InChI=1S/C29H45NO7/c1-2-3-4-5-6-7-8-9-26-10-12-27(13-11-26)37-25-24-36-23-22-35-21-20-34-19-18-33-17-16-30-28(31)14-15-29(30)32/h10-15H,2-9,16-25H2,1H3. The molecule has 0 bridgehead atoms. The first kappa shape index (κ1) is 31.0. The number of imide groups is 1. The SMILES string of the molecule is CCCCCCCCCc1ccc(OCCOCCOCCOCCOCCN2C(=O)C=CC2=O)cc1. The molecule has 0 spiro atoms. The fourth-order valence-corrected chi connectivity index (χ4v) is 3.83. The highest BCUT2D eigenvalue weighted by Gasteiger charge is 2.22. The molecular formula is C29H45NO7. The lowest BCUT2D eigenvalue weighted by atomic mass is 10.0. The molecule has 2 amide bonds. The van der Waals surface area contributed by atoms with E-state index in [2.05, 4.69) is 19.1 Å². The van der Waals surface area contributed by atoms with Gasteiger partial charge in [0.1, 0.15) is 12.4 Å². The molecule has 1 aliphatic rings. The Labute approximate surface area is 222 Å². The van der Waals surface area contributed by atoms with E-state index in [1.54, 1.807) is 0 Å². The van der Waals surface area contributed by atoms with Gasteiger partial charge in [-0.2, -0.15) is 0 Å². The zero-order chi connectivity index (χ0) is 26.4. The second-order valence-electron chi connectivity index (χ2n) is 8.97. The molecule has 0 aromatic heterocycles. The van der Waals surface area contributed by atoms with Crippen molar-refractivity contribution in [3.05, 3.63) is 42.0 Å². The van der Waals surface area contributed by atoms with Gasteiger partial charge in [0.05, 0.1) is 59.4 Å². The number of unbranched alkanes of at least 4 members (excludes halogenated alkanes) is 6. The van der Waals surface area contributed by atoms with Gasteiger partial charge in [-0.05, 0) is 30.5 Å². The van der Waals surface area contributed by atoms with Gasteiger partial charge in [0, 0.05) is 12.2 Å². The van der Waals surface area contributed by atoms with Crippen molar-refractivity contribution in [3.63, 3.8) is 0 Å². The van der Waals surface area contributed by atoms with Crippen LogP contribution in [0.2, 0.25) is 0 Å². The van der Waals surface area contributed by atoms with E-state index in [0.29, 0.717) is 59.5 Å². The quantitative estimate of drug-likeness (QED) is 0.148. The molecule has 8 heteroatoms. The number of carbonyl (C=O) groups is 2. The normalized spacial score (nSPS) is 13.2. The minimum atomic E-state index is -0.294. The van der Waals surface area contributed by atoms with Crippen molar-refractivity contribution in [1.29, 1.82) is 0 Å². The maximum Gasteiger partial charge on any atom is 0.253 e. The minimum Gasteiger partial charge on any atom is -0.491 e. The molecule has 1 heterocycles. The van der Waals surface area contributed by atoms with Crippen LogP contribution in [0.1, 0.15) is 57.4 Å². The highest BCUT2D eigenvalue weighted by atomic mass is 16.6. The summed E-state index contributed by atoms with van der Waals surface area (Å²) in [5.41, 5.74) is 1.37. The van der Waals surface area contributed by atoms with Gasteiger partial charge in [0.15, 0.2) is 0 Å². The summed E-state index contributed by atoms with van der Waals surface area (Å²) in [6.45, 7) is 6.61. The first-order valence-corrected chi connectivity index (χ1v) is 13.8. The molecule has 0 radical (unpaired) electrons. The summed E-state index contributed by atoms with van der Waals surface area (Å²) in [5, 5.41) is 0. The molecule has 0 saturated heterocycles. The van der Waals surface area contributed by atoms with E-state index < -0.39 is 0 Å². The lowest BCUT2D eigenvalue weighted by Crippen LogP contribution is -2.33. The number of ether oxygens (including phenoxy) is 5. The molecule has 0 N–H and O–H groups in total. The number of hydrogen-bond donors (Lipinski definition) is 0. The van der Waals surface area contributed by atoms with Gasteiger partial charge in [0.2, 0.25) is 0 Å². The monoisotopic (exact) mass is 519 g/mol. The number of rotatable bonds is 24. The van der Waals surface area contributed by atoms with Gasteiger partial charge in [-0.3, -0.25) is 14.5 Å². The Morgan fingerprint density at radius 2 is 1.08 bits per heavy atom. The summed E-state index contributed by atoms with van der Waals surface area (Å²) >= 11 is 0. The summed E-state index contributed by atoms with van der Waals surface area (Å²) in [7, 11) is 0. The third-order valence-electron chi connectivity index (χ3n) is 5.96. The van der Waals surface area contributed by atoms with E-state index >= 15 is 0 Å². The molecule has 0 unspecified atom stereocenters. The molecule has 37 heavy (non-hydrogen) atoms. The second-order valence-corrected chi connectivity index (χ2v) is 8.97. The topological polar surface area (TPSA) is 83.5 Å². The molecule has 1 aromatic carbocycles. The first-order chi connectivity index (χ1) is 18.2. The van der Waals surface area contributed by atoms with Crippen molar-refractivity contribution in [2.24, 2.45) is 0 Å². The minimum absolute atomic E-state index is 0.254. The maximum atomic E-state index is 11.4. The van der Waals surface area contributed by atoms with Crippen molar-refractivity contribution in [2.75, 3.05) is 66.0 Å². The Hall–Kier alpha value is -2.26. The Balaban J connectivity index is 1.31. The first-order valence-electron chi connectivity index (χ1n) is 13.8. The lowest BCUT2D eigenvalue weighted by molar-refractivity contribution is -0.137. The molecule has 1 aromatic rings. The van der Waals surface area contributed by atoms with E-state index in [0.717, 1.165) is 17.1 Å². The second kappa shape index (κ2) is 20.8. The van der Waals surface area contributed by atoms with E-state index in [9.17, 15) is 9.59 Å². The Morgan fingerprint density at radius 1 is 0.595 bits per heavy atom. The van der Waals surface area contributed by atoms with E-state index in [1.807, 2.05) is 12.1 Å². The van der Waals surface area contributed by atoms with Gasteiger partial charge >= 0.3 is 0 Å². The molecule has 0 aliphatic carbocycles. The van der Waals surface area contributed by atoms with Crippen molar-refractivity contribution in [1.82, 2.24) is 4.90 Å². The van der Waals surface area contributed by atoms with Crippen LogP contribution in [0, 0.1) is 0 Å². The van der Waals surface area contributed by atoms with Crippen LogP contribution in [-0.2, 0) is 35.0 Å². The number of aryl methyl sites for hydroxylation is 1. The van der Waals surface area contributed by atoms with Crippen molar-refractivity contribution < 1.29 is 33.3 Å². The zero-order valence-electron chi connectivity index (χ0n) is 22.5. The van der Waals surface area contributed by atoms with Crippen LogP contribution in [0.4, 0.5) is 0 Å². The smallest absolute Gasteiger partial charge is 0.253 e. The summed E-state index contributed by atoms with van der Waals surface area (Å²) in [4.78, 5) is 23.9. The number of amides is 2. The highest BCUT2D eigenvalue weighted by Crippen LogP contribution is 2.15. The van der Waals surface area contributed by atoms with Crippen LogP contribution in [0.15, 0.2) is 36.4 Å². The van der Waals surface area contributed by atoms with Crippen LogP contribution in [0.3, 0.4) is 0 Å². The number of benzene rings is 1. The van der Waals surface area contributed by atoms with Crippen LogP contribution >= 0.6 is 0 Å². The molecule has 0 atom stereocenters. The highest BCUT2D eigenvalue weighted by molar-refractivity contribution is 6.12. The third kappa shape index (κ3) is 14.9. The Morgan fingerprint density at radius 3 is 1.65 bits per heavy atom. The molecular weight excluding hydrogens is 474 g/mol. The lowest BCUT2D eigenvalue weighted by Gasteiger charge is -2.13. The summed E-state index contributed by atoms with van der Waals surface area (Å²) in [5.74, 6) is 0.286. The fourth-order valence-electron chi connectivity index (χ4n) is 3.83. The molecule has 208 valence electrons. The average molecular weight is 520 g/mol. The van der Waals surface area contributed by atoms with Crippen LogP contribution in [0.25, 0.3) is 0 Å². The van der Waals surface area contributed by atoms with E-state index in [-0.39, 0.29) is 18.4 Å². The largest absolute Gasteiger partial charge is 0.491 e. The van der Waals surface area contributed by atoms with Gasteiger partial charge in [-0.15, -0.1) is 0 Å². The van der Waals surface area contributed by atoms with Crippen LogP contribution < -0.4 is 4.74 Å². The predicted molar refractivity (Wildman–Crippen MR) is 143 cm³/mol.